The number of ether oxygens (including phenoxy) is 1. The summed E-state index contributed by atoms with van der Waals surface area (Å²) < 4.78 is 19.1. The SMILES string of the molecule is Fc1ccc([C@@]2(CN3CCC(N4CCSCC4)CC3)CCOC2)cc1. The third-order valence-electron chi connectivity index (χ3n) is 6.21. The van der Waals surface area contributed by atoms with Crippen LogP contribution in [0.4, 0.5) is 4.39 Å². The molecule has 25 heavy (non-hydrogen) atoms. The molecule has 0 unspecified atom stereocenters. The number of thioether (sulfide) groups is 1. The van der Waals surface area contributed by atoms with Crippen LogP contribution in [0.3, 0.4) is 0 Å². The van der Waals surface area contributed by atoms with Crippen molar-refractivity contribution >= 4 is 11.8 Å². The van der Waals surface area contributed by atoms with Gasteiger partial charge in [0.25, 0.3) is 0 Å². The first kappa shape index (κ1) is 17.8. The van der Waals surface area contributed by atoms with E-state index in [1.807, 2.05) is 12.1 Å². The molecule has 0 saturated carbocycles. The molecule has 3 aliphatic rings. The maximum Gasteiger partial charge on any atom is 0.123 e. The van der Waals surface area contributed by atoms with E-state index >= 15 is 0 Å². The molecule has 1 aromatic rings. The number of hydrogen-bond donors (Lipinski definition) is 0. The Hall–Kier alpha value is -0.620. The Morgan fingerprint density at radius 2 is 1.80 bits per heavy atom. The molecule has 3 heterocycles. The molecule has 3 fully saturated rings. The third kappa shape index (κ3) is 4.05. The Morgan fingerprint density at radius 1 is 1.08 bits per heavy atom. The van der Waals surface area contributed by atoms with Gasteiger partial charge < -0.3 is 9.64 Å². The molecule has 3 aliphatic heterocycles. The van der Waals surface area contributed by atoms with Crippen molar-refractivity contribution in [3.8, 4) is 0 Å². The van der Waals surface area contributed by atoms with Gasteiger partial charge in [-0.2, -0.15) is 11.8 Å². The number of piperidine rings is 1. The maximum atomic E-state index is 13.3. The van der Waals surface area contributed by atoms with Gasteiger partial charge in [-0.05, 0) is 50.0 Å². The van der Waals surface area contributed by atoms with Crippen LogP contribution in [0.1, 0.15) is 24.8 Å². The normalized spacial score (nSPS) is 30.0. The van der Waals surface area contributed by atoms with Crippen LogP contribution < -0.4 is 0 Å². The minimum Gasteiger partial charge on any atom is -0.380 e. The highest BCUT2D eigenvalue weighted by Crippen LogP contribution is 2.35. The standard InChI is InChI=1S/C20H29FN2OS/c21-18-3-1-17(2-4-18)20(7-12-24-16-20)15-22-8-5-19(6-9-22)23-10-13-25-14-11-23/h1-4,19H,5-16H2/t20-/m1/s1. The van der Waals surface area contributed by atoms with Crippen molar-refractivity contribution in [2.75, 3.05) is 57.4 Å². The van der Waals surface area contributed by atoms with E-state index in [1.165, 1.54) is 56.1 Å². The number of hydrogen-bond acceptors (Lipinski definition) is 4. The molecule has 0 N–H and O–H groups in total. The van der Waals surface area contributed by atoms with E-state index < -0.39 is 0 Å². The fraction of sp³-hybridized carbons (Fsp3) is 0.700. The summed E-state index contributed by atoms with van der Waals surface area (Å²) in [7, 11) is 0. The molecule has 0 aliphatic carbocycles. The lowest BCUT2D eigenvalue weighted by Crippen LogP contribution is -2.50. The number of rotatable bonds is 4. The Kier molecular flexibility index (Phi) is 5.65. The van der Waals surface area contributed by atoms with Crippen LogP contribution in [-0.4, -0.2) is 73.3 Å². The van der Waals surface area contributed by atoms with Gasteiger partial charge in [0.15, 0.2) is 0 Å². The van der Waals surface area contributed by atoms with Crippen LogP contribution in [0, 0.1) is 5.82 Å². The first-order valence-electron chi connectivity index (χ1n) is 9.63. The maximum absolute atomic E-state index is 13.3. The predicted molar refractivity (Wildman–Crippen MR) is 102 cm³/mol. The molecular weight excluding hydrogens is 335 g/mol. The topological polar surface area (TPSA) is 15.7 Å². The van der Waals surface area contributed by atoms with Crippen LogP contribution >= 0.6 is 11.8 Å². The lowest BCUT2D eigenvalue weighted by atomic mass is 9.79. The van der Waals surface area contributed by atoms with Crippen molar-refractivity contribution in [1.82, 2.24) is 9.80 Å². The molecule has 138 valence electrons. The molecule has 0 amide bonds. The van der Waals surface area contributed by atoms with Gasteiger partial charge in [0.05, 0.1) is 6.61 Å². The average Bonchev–Trinajstić information content (AvgIpc) is 3.13. The van der Waals surface area contributed by atoms with E-state index in [-0.39, 0.29) is 11.2 Å². The first-order valence-corrected chi connectivity index (χ1v) is 10.8. The zero-order chi connectivity index (χ0) is 17.1. The number of likely N-dealkylation sites (tertiary alicyclic amines) is 1. The molecule has 0 radical (unpaired) electrons. The van der Waals surface area contributed by atoms with Gasteiger partial charge >= 0.3 is 0 Å². The van der Waals surface area contributed by atoms with Crippen molar-refractivity contribution < 1.29 is 9.13 Å². The third-order valence-corrected chi connectivity index (χ3v) is 7.15. The predicted octanol–water partition coefficient (Wildman–Crippen LogP) is 3.00. The second-order valence-corrected chi connectivity index (χ2v) is 8.97. The molecular formula is C20H29FN2OS. The highest BCUT2D eigenvalue weighted by atomic mass is 32.2. The van der Waals surface area contributed by atoms with Crippen LogP contribution in [0.5, 0.6) is 0 Å². The number of nitrogens with zero attached hydrogens (tertiary/aromatic N) is 2. The van der Waals surface area contributed by atoms with Gasteiger partial charge in [-0.3, -0.25) is 4.90 Å². The fourth-order valence-corrected chi connectivity index (χ4v) is 5.60. The summed E-state index contributed by atoms with van der Waals surface area (Å²) in [5, 5.41) is 0. The largest absolute Gasteiger partial charge is 0.380 e. The molecule has 1 atom stereocenters. The Morgan fingerprint density at radius 3 is 2.44 bits per heavy atom. The molecule has 1 aromatic carbocycles. The summed E-state index contributed by atoms with van der Waals surface area (Å²) in [6, 6.07) is 7.88. The summed E-state index contributed by atoms with van der Waals surface area (Å²) in [6.07, 6.45) is 3.61. The zero-order valence-electron chi connectivity index (χ0n) is 15.0. The second-order valence-electron chi connectivity index (χ2n) is 7.75. The molecule has 5 heteroatoms. The van der Waals surface area contributed by atoms with Crippen LogP contribution in [0.25, 0.3) is 0 Å². The van der Waals surface area contributed by atoms with Crippen LogP contribution in [0.15, 0.2) is 24.3 Å². The summed E-state index contributed by atoms with van der Waals surface area (Å²) in [6.45, 7) is 7.52. The first-order chi connectivity index (χ1) is 12.3. The second kappa shape index (κ2) is 7.95. The molecule has 0 bridgehead atoms. The average molecular weight is 365 g/mol. The van der Waals surface area contributed by atoms with E-state index in [0.717, 1.165) is 32.2 Å². The van der Waals surface area contributed by atoms with Gasteiger partial charge in [0.2, 0.25) is 0 Å². The minimum absolute atomic E-state index is 0.0439. The van der Waals surface area contributed by atoms with Gasteiger partial charge in [-0.25, -0.2) is 4.39 Å². The van der Waals surface area contributed by atoms with Crippen molar-refractivity contribution in [3.63, 3.8) is 0 Å². The van der Waals surface area contributed by atoms with Crippen LogP contribution in [0.2, 0.25) is 0 Å². The zero-order valence-corrected chi connectivity index (χ0v) is 15.8. The summed E-state index contributed by atoms with van der Waals surface area (Å²) >= 11 is 2.09. The Bertz CT molecular complexity index is 547. The molecule has 3 nitrogen and oxygen atoms in total. The fourth-order valence-electron chi connectivity index (χ4n) is 4.67. The lowest BCUT2D eigenvalue weighted by Gasteiger charge is -2.42. The van der Waals surface area contributed by atoms with Crippen molar-refractivity contribution in [1.29, 1.82) is 0 Å². The quantitative estimate of drug-likeness (QED) is 0.816. The van der Waals surface area contributed by atoms with Crippen molar-refractivity contribution in [2.24, 2.45) is 0 Å². The Balaban J connectivity index is 1.38. The molecule has 4 rings (SSSR count). The summed E-state index contributed by atoms with van der Waals surface area (Å²) in [4.78, 5) is 5.33. The Labute approximate surface area is 154 Å². The van der Waals surface area contributed by atoms with Gasteiger partial charge in [-0.15, -0.1) is 0 Å². The van der Waals surface area contributed by atoms with Gasteiger partial charge in [-0.1, -0.05) is 12.1 Å². The van der Waals surface area contributed by atoms with Gasteiger partial charge in [0, 0.05) is 49.2 Å². The van der Waals surface area contributed by atoms with E-state index in [9.17, 15) is 4.39 Å². The molecule has 0 spiro atoms. The van der Waals surface area contributed by atoms with Crippen molar-refractivity contribution in [2.45, 2.75) is 30.7 Å². The lowest BCUT2D eigenvalue weighted by molar-refractivity contribution is 0.0927. The van der Waals surface area contributed by atoms with Crippen LogP contribution in [-0.2, 0) is 10.2 Å². The van der Waals surface area contributed by atoms with Gasteiger partial charge in [0.1, 0.15) is 5.82 Å². The highest BCUT2D eigenvalue weighted by molar-refractivity contribution is 7.99. The van der Waals surface area contributed by atoms with E-state index in [0.29, 0.717) is 0 Å². The van der Waals surface area contributed by atoms with Crippen molar-refractivity contribution in [3.05, 3.63) is 35.6 Å². The van der Waals surface area contributed by atoms with E-state index in [2.05, 4.69) is 21.6 Å². The minimum atomic E-state index is -0.154. The summed E-state index contributed by atoms with van der Waals surface area (Å²) in [5.74, 6) is 2.44. The number of benzene rings is 1. The number of halogens is 1. The smallest absolute Gasteiger partial charge is 0.123 e. The van der Waals surface area contributed by atoms with E-state index in [4.69, 9.17) is 4.74 Å². The highest BCUT2D eigenvalue weighted by Gasteiger charge is 2.39. The molecule has 3 saturated heterocycles. The van der Waals surface area contributed by atoms with E-state index in [1.54, 1.807) is 12.1 Å². The summed E-state index contributed by atoms with van der Waals surface area (Å²) in [5.41, 5.74) is 1.28. The monoisotopic (exact) mass is 364 g/mol. The molecule has 0 aromatic heterocycles.